The largest absolute Gasteiger partial charge is 0.508 e. The summed E-state index contributed by atoms with van der Waals surface area (Å²) in [6.45, 7) is 2.86. The number of hydrogen-bond donors (Lipinski definition) is 5. The summed E-state index contributed by atoms with van der Waals surface area (Å²) in [5.74, 6) is -1.27. The summed E-state index contributed by atoms with van der Waals surface area (Å²) in [7, 11) is 0. The lowest BCUT2D eigenvalue weighted by molar-refractivity contribution is -0.0764. The van der Waals surface area contributed by atoms with Crippen molar-refractivity contribution in [3.63, 3.8) is 0 Å². The quantitative estimate of drug-likeness (QED) is 0.412. The first-order valence-electron chi connectivity index (χ1n) is 7.85. The van der Waals surface area contributed by atoms with Crippen molar-refractivity contribution in [2.24, 2.45) is 0 Å². The summed E-state index contributed by atoms with van der Waals surface area (Å²) >= 11 is 0. The number of benzene rings is 2. The number of aliphatic hydroxyl groups is 2. The molecule has 2 aromatic carbocycles. The molecule has 0 amide bonds. The molecule has 0 bridgehead atoms. The van der Waals surface area contributed by atoms with Crippen LogP contribution >= 0.6 is 0 Å². The molecule has 0 saturated heterocycles. The highest BCUT2D eigenvalue weighted by Crippen LogP contribution is 2.49. The summed E-state index contributed by atoms with van der Waals surface area (Å²) < 4.78 is 11.1. The zero-order valence-corrected chi connectivity index (χ0v) is 13.8. The first-order valence-corrected chi connectivity index (χ1v) is 7.85. The van der Waals surface area contributed by atoms with Crippen LogP contribution < -0.4 is 10.2 Å². The van der Waals surface area contributed by atoms with Crippen LogP contribution in [0.25, 0.3) is 21.9 Å². The molecule has 1 aliphatic heterocycles. The Morgan fingerprint density at radius 2 is 1.65 bits per heavy atom. The van der Waals surface area contributed by atoms with Crippen LogP contribution in [0.15, 0.2) is 27.4 Å². The molecular formula is C18H16O8. The maximum Gasteiger partial charge on any atom is 0.204 e. The fourth-order valence-electron chi connectivity index (χ4n) is 3.38. The first kappa shape index (κ1) is 16.5. The van der Waals surface area contributed by atoms with Crippen molar-refractivity contribution in [1.29, 1.82) is 0 Å². The van der Waals surface area contributed by atoms with E-state index < -0.39 is 29.0 Å². The van der Waals surface area contributed by atoms with E-state index in [1.807, 2.05) is 0 Å². The maximum absolute atomic E-state index is 13.0. The Hall–Kier alpha value is -2.97. The highest BCUT2D eigenvalue weighted by molar-refractivity contribution is 5.97. The molecule has 1 aliphatic rings. The van der Waals surface area contributed by atoms with Crippen LogP contribution in [-0.4, -0.2) is 37.2 Å². The van der Waals surface area contributed by atoms with Gasteiger partial charge >= 0.3 is 0 Å². The average molecular weight is 360 g/mol. The number of aliphatic hydroxyl groups excluding tert-OH is 1. The summed E-state index contributed by atoms with van der Waals surface area (Å²) in [4.78, 5) is 13.0. The van der Waals surface area contributed by atoms with Gasteiger partial charge in [0.1, 0.15) is 34.2 Å². The second kappa shape index (κ2) is 5.03. The van der Waals surface area contributed by atoms with E-state index in [1.54, 1.807) is 0 Å². The van der Waals surface area contributed by atoms with E-state index in [1.165, 1.54) is 13.8 Å². The molecule has 3 aromatic rings. The molecular weight excluding hydrogens is 344 g/mol. The topological polar surface area (TPSA) is 141 Å². The minimum atomic E-state index is -1.46. The molecule has 2 unspecified atom stereocenters. The highest BCUT2D eigenvalue weighted by Gasteiger charge is 2.45. The van der Waals surface area contributed by atoms with Gasteiger partial charge in [-0.05, 0) is 13.8 Å². The predicted octanol–water partition coefficient (Wildman–Crippen LogP) is 1.63. The van der Waals surface area contributed by atoms with Crippen molar-refractivity contribution in [3.8, 4) is 23.0 Å². The smallest absolute Gasteiger partial charge is 0.204 e. The van der Waals surface area contributed by atoms with Crippen molar-refractivity contribution < 1.29 is 34.7 Å². The number of phenolic OH excluding ortho intramolecular Hbond substituents is 3. The molecule has 8 heteroatoms. The number of ether oxygens (including phenoxy) is 1. The summed E-state index contributed by atoms with van der Waals surface area (Å²) in [5, 5.41) is 50.4. The van der Waals surface area contributed by atoms with Gasteiger partial charge in [-0.25, -0.2) is 0 Å². The van der Waals surface area contributed by atoms with E-state index in [0.717, 1.165) is 18.2 Å². The van der Waals surface area contributed by atoms with Gasteiger partial charge in [-0.3, -0.25) is 4.79 Å². The SMILES string of the molecule is CC(C)(O)C1Oc2c(O)cc3oc4cc(O)cc(O)c4c(=O)c3c2C1O. The summed E-state index contributed by atoms with van der Waals surface area (Å²) in [6, 6.07) is 3.31. The minimum Gasteiger partial charge on any atom is -0.508 e. The molecule has 1 aromatic heterocycles. The second-order valence-electron chi connectivity index (χ2n) is 6.92. The fraction of sp³-hybridized carbons (Fsp3) is 0.278. The third kappa shape index (κ3) is 2.12. The lowest BCUT2D eigenvalue weighted by Crippen LogP contribution is -2.41. The molecule has 5 N–H and O–H groups in total. The maximum atomic E-state index is 13.0. The van der Waals surface area contributed by atoms with Gasteiger partial charge in [0.05, 0.1) is 11.0 Å². The molecule has 0 spiro atoms. The van der Waals surface area contributed by atoms with Crippen LogP contribution in [-0.2, 0) is 0 Å². The molecule has 0 fully saturated rings. The average Bonchev–Trinajstić information content (AvgIpc) is 2.85. The van der Waals surface area contributed by atoms with Gasteiger partial charge in [0.25, 0.3) is 0 Å². The number of aromatic hydroxyl groups is 3. The van der Waals surface area contributed by atoms with Gasteiger partial charge in [-0.15, -0.1) is 0 Å². The summed E-state index contributed by atoms with van der Waals surface area (Å²) in [6.07, 6.45) is -2.52. The monoisotopic (exact) mass is 360 g/mol. The Balaban J connectivity index is 2.14. The minimum absolute atomic E-state index is 0.0183. The van der Waals surface area contributed by atoms with Crippen LogP contribution in [0.5, 0.6) is 23.0 Å². The Labute approximate surface area is 146 Å². The van der Waals surface area contributed by atoms with Gasteiger partial charge in [0, 0.05) is 23.8 Å². The zero-order chi connectivity index (χ0) is 19.0. The van der Waals surface area contributed by atoms with Crippen LogP contribution in [0, 0.1) is 0 Å². The van der Waals surface area contributed by atoms with Crippen LogP contribution in [0.1, 0.15) is 25.5 Å². The van der Waals surface area contributed by atoms with Crippen LogP contribution in [0.2, 0.25) is 0 Å². The number of rotatable bonds is 1. The molecule has 2 heterocycles. The van der Waals surface area contributed by atoms with E-state index >= 15 is 0 Å². The van der Waals surface area contributed by atoms with E-state index in [9.17, 15) is 30.3 Å². The van der Waals surface area contributed by atoms with Gasteiger partial charge in [0.15, 0.2) is 17.6 Å². The molecule has 0 radical (unpaired) electrons. The number of phenols is 3. The Bertz CT molecular complexity index is 1120. The first-order chi connectivity index (χ1) is 12.1. The normalized spacial score (nSPS) is 19.7. The molecule has 2 atom stereocenters. The van der Waals surface area contributed by atoms with Crippen molar-refractivity contribution in [2.45, 2.75) is 31.7 Å². The van der Waals surface area contributed by atoms with Gasteiger partial charge < -0.3 is 34.7 Å². The lowest BCUT2D eigenvalue weighted by Gasteiger charge is -2.27. The van der Waals surface area contributed by atoms with Gasteiger partial charge in [-0.1, -0.05) is 0 Å². The van der Waals surface area contributed by atoms with E-state index in [4.69, 9.17) is 9.15 Å². The highest BCUT2D eigenvalue weighted by atomic mass is 16.5. The molecule has 136 valence electrons. The zero-order valence-electron chi connectivity index (χ0n) is 13.8. The fourth-order valence-corrected chi connectivity index (χ4v) is 3.38. The molecule has 0 aliphatic carbocycles. The van der Waals surface area contributed by atoms with Crippen molar-refractivity contribution in [3.05, 3.63) is 34.0 Å². The third-order valence-electron chi connectivity index (χ3n) is 4.52. The molecule has 26 heavy (non-hydrogen) atoms. The second-order valence-corrected chi connectivity index (χ2v) is 6.92. The van der Waals surface area contributed by atoms with Crippen molar-refractivity contribution in [1.82, 2.24) is 0 Å². The Morgan fingerprint density at radius 1 is 1.00 bits per heavy atom. The van der Waals surface area contributed by atoms with E-state index in [0.29, 0.717) is 0 Å². The standard InChI is InChI=1S/C18H16O8/c1-18(2,24)17-15(23)13-12-10(5-8(21)16(13)26-17)25-9-4-6(19)3-7(20)11(9)14(12)22/h3-5,15,17,19-21,23-24H,1-2H3. The van der Waals surface area contributed by atoms with E-state index in [-0.39, 0.29) is 44.8 Å². The van der Waals surface area contributed by atoms with Crippen LogP contribution in [0.3, 0.4) is 0 Å². The predicted molar refractivity (Wildman–Crippen MR) is 90.7 cm³/mol. The van der Waals surface area contributed by atoms with Crippen molar-refractivity contribution in [2.75, 3.05) is 0 Å². The third-order valence-corrected chi connectivity index (χ3v) is 4.52. The Kier molecular flexibility index (Phi) is 3.19. The van der Waals surface area contributed by atoms with E-state index in [2.05, 4.69) is 0 Å². The molecule has 8 nitrogen and oxygen atoms in total. The molecule has 4 rings (SSSR count). The Morgan fingerprint density at radius 3 is 2.31 bits per heavy atom. The number of fused-ring (bicyclic) bond motifs is 4. The summed E-state index contributed by atoms with van der Waals surface area (Å²) in [5.41, 5.74) is -2.26. The van der Waals surface area contributed by atoms with Crippen molar-refractivity contribution >= 4 is 21.9 Å². The van der Waals surface area contributed by atoms with Gasteiger partial charge in [0.2, 0.25) is 5.43 Å². The van der Waals surface area contributed by atoms with Gasteiger partial charge in [-0.2, -0.15) is 0 Å². The lowest BCUT2D eigenvalue weighted by atomic mass is 9.92. The number of hydrogen-bond acceptors (Lipinski definition) is 8. The van der Waals surface area contributed by atoms with Crippen LogP contribution in [0.4, 0.5) is 0 Å². The molecule has 0 saturated carbocycles.